The van der Waals surface area contributed by atoms with Crippen LogP contribution in [-0.2, 0) is 9.59 Å². The van der Waals surface area contributed by atoms with Gasteiger partial charge in [0.2, 0.25) is 5.91 Å². The summed E-state index contributed by atoms with van der Waals surface area (Å²) >= 11 is 1.54. The molecule has 2 aliphatic rings. The molecule has 0 aromatic carbocycles. The Morgan fingerprint density at radius 1 is 1.73 bits per heavy atom. The third-order valence-electron chi connectivity index (χ3n) is 2.72. The van der Waals surface area contributed by atoms with Crippen molar-refractivity contribution >= 4 is 23.6 Å². The van der Waals surface area contributed by atoms with E-state index in [1.807, 2.05) is 6.92 Å². The molecule has 82 valence electrons. The van der Waals surface area contributed by atoms with Crippen molar-refractivity contribution in [3.8, 4) is 0 Å². The minimum Gasteiger partial charge on any atom is -0.477 e. The van der Waals surface area contributed by atoms with E-state index in [0.717, 1.165) is 5.57 Å². The standard InChI is InChI=1S/C9H12N2O3S/c1-2-4-3-15-8-5(10)7(12)11(8)6(4)9(13)14/h5,8H,2-3,10H2,1H3,(H,13,14)/t5?,8-/m0/s1. The normalized spacial score (nSPS) is 30.0. The van der Waals surface area contributed by atoms with Gasteiger partial charge in [-0.1, -0.05) is 6.92 Å². The number of amides is 1. The first-order valence-corrected chi connectivity index (χ1v) is 5.78. The topological polar surface area (TPSA) is 83.6 Å². The zero-order valence-electron chi connectivity index (χ0n) is 8.27. The van der Waals surface area contributed by atoms with Gasteiger partial charge in [0.15, 0.2) is 0 Å². The first kappa shape index (κ1) is 10.5. The molecule has 0 bridgehead atoms. The van der Waals surface area contributed by atoms with Crippen LogP contribution >= 0.6 is 11.8 Å². The number of nitrogens with two attached hydrogens (primary N) is 1. The molecule has 1 fully saturated rings. The summed E-state index contributed by atoms with van der Waals surface area (Å²) in [7, 11) is 0. The second kappa shape index (κ2) is 3.53. The lowest BCUT2D eigenvalue weighted by Gasteiger charge is -2.48. The zero-order chi connectivity index (χ0) is 11.2. The van der Waals surface area contributed by atoms with Crippen molar-refractivity contribution in [2.24, 2.45) is 5.73 Å². The highest BCUT2D eigenvalue weighted by atomic mass is 32.2. The molecule has 1 unspecified atom stereocenters. The number of fused-ring (bicyclic) bond motifs is 1. The highest BCUT2D eigenvalue weighted by Gasteiger charge is 2.51. The Morgan fingerprint density at radius 2 is 2.40 bits per heavy atom. The molecule has 2 rings (SSSR count). The van der Waals surface area contributed by atoms with E-state index in [-0.39, 0.29) is 17.0 Å². The molecule has 6 heteroatoms. The third kappa shape index (κ3) is 1.36. The number of hydrogen-bond donors (Lipinski definition) is 2. The summed E-state index contributed by atoms with van der Waals surface area (Å²) in [5.74, 6) is -0.659. The molecule has 0 spiro atoms. The van der Waals surface area contributed by atoms with Crippen LogP contribution in [0.1, 0.15) is 13.3 Å². The van der Waals surface area contributed by atoms with Gasteiger partial charge in [-0.3, -0.25) is 9.69 Å². The second-order valence-corrected chi connectivity index (χ2v) is 4.65. The highest BCUT2D eigenvalue weighted by Crippen LogP contribution is 2.39. The predicted octanol–water partition coefficient (Wildman–Crippen LogP) is -0.0225. The molecule has 1 amide bonds. The van der Waals surface area contributed by atoms with Gasteiger partial charge in [-0.15, -0.1) is 11.8 Å². The molecule has 2 heterocycles. The van der Waals surface area contributed by atoms with Crippen molar-refractivity contribution in [1.29, 1.82) is 0 Å². The Balaban J connectivity index is 2.38. The van der Waals surface area contributed by atoms with Crippen LogP contribution in [0.5, 0.6) is 0 Å². The number of carbonyl (C=O) groups excluding carboxylic acids is 1. The SMILES string of the molecule is CCC1=C(C(=O)O)N2C(=O)C(N)[C@@H]2SC1. The number of aliphatic carboxylic acids is 1. The highest BCUT2D eigenvalue weighted by molar-refractivity contribution is 8.00. The summed E-state index contributed by atoms with van der Waals surface area (Å²) in [6.07, 6.45) is 0.653. The van der Waals surface area contributed by atoms with Gasteiger partial charge < -0.3 is 10.8 Å². The lowest BCUT2D eigenvalue weighted by atomic mass is 10.0. The lowest BCUT2D eigenvalue weighted by Crippen LogP contribution is -2.68. The summed E-state index contributed by atoms with van der Waals surface area (Å²) in [5, 5.41) is 8.88. The maximum atomic E-state index is 11.5. The molecule has 0 aromatic rings. The van der Waals surface area contributed by atoms with Gasteiger partial charge in [-0.2, -0.15) is 0 Å². The molecule has 1 saturated heterocycles. The smallest absolute Gasteiger partial charge is 0.352 e. The van der Waals surface area contributed by atoms with Gasteiger partial charge in [0.1, 0.15) is 17.1 Å². The Morgan fingerprint density at radius 3 is 2.93 bits per heavy atom. The minimum absolute atomic E-state index is 0.146. The molecule has 0 aliphatic carbocycles. The van der Waals surface area contributed by atoms with E-state index < -0.39 is 12.0 Å². The van der Waals surface area contributed by atoms with Gasteiger partial charge >= 0.3 is 5.97 Å². The maximum absolute atomic E-state index is 11.5. The Hall–Kier alpha value is -1.01. The van der Waals surface area contributed by atoms with E-state index in [4.69, 9.17) is 10.8 Å². The molecular formula is C9H12N2O3S. The van der Waals surface area contributed by atoms with Crippen molar-refractivity contribution in [2.45, 2.75) is 24.8 Å². The minimum atomic E-state index is -1.03. The van der Waals surface area contributed by atoms with Gasteiger partial charge in [0, 0.05) is 5.75 Å². The Kier molecular flexibility index (Phi) is 2.47. The molecule has 0 aromatic heterocycles. The van der Waals surface area contributed by atoms with E-state index in [2.05, 4.69) is 0 Å². The molecule has 0 radical (unpaired) electrons. The number of carboxylic acids is 1. The number of hydrogen-bond acceptors (Lipinski definition) is 4. The fraction of sp³-hybridized carbons (Fsp3) is 0.556. The summed E-state index contributed by atoms with van der Waals surface area (Å²) in [6, 6.07) is -0.539. The molecule has 5 nitrogen and oxygen atoms in total. The van der Waals surface area contributed by atoms with Crippen LogP contribution in [0.15, 0.2) is 11.3 Å². The van der Waals surface area contributed by atoms with Crippen molar-refractivity contribution < 1.29 is 14.7 Å². The summed E-state index contributed by atoms with van der Waals surface area (Å²) in [4.78, 5) is 23.8. The van der Waals surface area contributed by atoms with E-state index in [1.54, 1.807) is 0 Å². The average Bonchev–Trinajstić information content (AvgIpc) is 2.25. The number of β-lactam (4-membered cyclic amide) rings is 1. The first-order chi connectivity index (χ1) is 7.07. The monoisotopic (exact) mass is 228 g/mol. The number of carboxylic acid groups (broad SMARTS) is 1. The Bertz CT molecular complexity index is 366. The van der Waals surface area contributed by atoms with Crippen LogP contribution in [0, 0.1) is 0 Å². The van der Waals surface area contributed by atoms with Gasteiger partial charge in [0.25, 0.3) is 0 Å². The fourth-order valence-corrected chi connectivity index (χ4v) is 3.25. The number of rotatable bonds is 2. The lowest BCUT2D eigenvalue weighted by molar-refractivity contribution is -0.148. The van der Waals surface area contributed by atoms with Gasteiger partial charge in [0.05, 0.1) is 0 Å². The van der Waals surface area contributed by atoms with Crippen molar-refractivity contribution in [2.75, 3.05) is 5.75 Å². The van der Waals surface area contributed by atoms with E-state index in [1.165, 1.54) is 16.7 Å². The Labute approximate surface area is 91.3 Å². The fourth-order valence-electron chi connectivity index (χ4n) is 1.85. The molecule has 15 heavy (non-hydrogen) atoms. The van der Waals surface area contributed by atoms with Crippen LogP contribution in [0.25, 0.3) is 0 Å². The van der Waals surface area contributed by atoms with E-state index in [9.17, 15) is 9.59 Å². The number of thioether (sulfide) groups is 1. The average molecular weight is 228 g/mol. The van der Waals surface area contributed by atoms with E-state index >= 15 is 0 Å². The van der Waals surface area contributed by atoms with E-state index in [0.29, 0.717) is 12.2 Å². The molecule has 3 N–H and O–H groups in total. The molecule has 2 aliphatic heterocycles. The summed E-state index contributed by atoms with van der Waals surface area (Å²) in [6.45, 7) is 1.89. The van der Waals surface area contributed by atoms with Crippen LogP contribution in [0.3, 0.4) is 0 Å². The molecule has 0 saturated carbocycles. The van der Waals surface area contributed by atoms with Crippen LogP contribution in [-0.4, -0.2) is 39.1 Å². The quantitative estimate of drug-likeness (QED) is 0.649. The van der Waals surface area contributed by atoms with Crippen molar-refractivity contribution in [3.63, 3.8) is 0 Å². The largest absolute Gasteiger partial charge is 0.477 e. The third-order valence-corrected chi connectivity index (χ3v) is 4.08. The van der Waals surface area contributed by atoms with Crippen LogP contribution < -0.4 is 5.73 Å². The zero-order valence-corrected chi connectivity index (χ0v) is 9.08. The number of nitrogens with zero attached hydrogens (tertiary/aromatic N) is 1. The summed E-state index contributed by atoms with van der Waals surface area (Å²) in [5.41, 5.74) is 6.55. The summed E-state index contributed by atoms with van der Waals surface area (Å²) < 4.78 is 0. The molecular weight excluding hydrogens is 216 g/mol. The molecule has 2 atom stereocenters. The number of carbonyl (C=O) groups is 2. The van der Waals surface area contributed by atoms with Crippen molar-refractivity contribution in [3.05, 3.63) is 11.3 Å². The van der Waals surface area contributed by atoms with Crippen molar-refractivity contribution in [1.82, 2.24) is 4.90 Å². The first-order valence-electron chi connectivity index (χ1n) is 4.73. The van der Waals surface area contributed by atoms with Crippen LogP contribution in [0.4, 0.5) is 0 Å². The predicted molar refractivity (Wildman–Crippen MR) is 56.0 cm³/mol. The van der Waals surface area contributed by atoms with Crippen LogP contribution in [0.2, 0.25) is 0 Å². The van der Waals surface area contributed by atoms with Gasteiger partial charge in [-0.25, -0.2) is 4.79 Å². The second-order valence-electron chi connectivity index (χ2n) is 3.55. The van der Waals surface area contributed by atoms with Gasteiger partial charge in [-0.05, 0) is 12.0 Å². The maximum Gasteiger partial charge on any atom is 0.352 e.